The molecule has 0 unspecified atom stereocenters. The summed E-state index contributed by atoms with van der Waals surface area (Å²) in [6, 6.07) is 7.75. The van der Waals surface area contributed by atoms with Gasteiger partial charge in [-0.3, -0.25) is 14.5 Å². The van der Waals surface area contributed by atoms with Crippen molar-refractivity contribution in [3.05, 3.63) is 63.6 Å². The Morgan fingerprint density at radius 2 is 1.61 bits per heavy atom. The van der Waals surface area contributed by atoms with Crippen molar-refractivity contribution in [2.75, 3.05) is 38.0 Å². The molecule has 1 aliphatic heterocycles. The van der Waals surface area contributed by atoms with E-state index < -0.39 is 5.82 Å². The second-order valence-corrected chi connectivity index (χ2v) is 7.18. The molecule has 0 aromatic heterocycles. The molecule has 1 fully saturated rings. The van der Waals surface area contributed by atoms with Gasteiger partial charge >= 0.3 is 0 Å². The maximum absolute atomic E-state index is 13.7. The lowest BCUT2D eigenvalue weighted by atomic mass is 10.1. The highest BCUT2D eigenvalue weighted by Gasteiger charge is 2.25. The topological polar surface area (TPSA) is 52.7 Å². The lowest BCUT2D eigenvalue weighted by Crippen LogP contribution is -2.50. The van der Waals surface area contributed by atoms with Crippen molar-refractivity contribution in [3.8, 4) is 0 Å². The maximum atomic E-state index is 13.7. The van der Waals surface area contributed by atoms with Crippen LogP contribution in [0.1, 0.15) is 10.4 Å². The Balaban J connectivity index is 1.52. The number of rotatable bonds is 4. The molecule has 0 aliphatic carbocycles. The second-order valence-electron chi connectivity index (χ2n) is 6.37. The molecule has 28 heavy (non-hydrogen) atoms. The maximum Gasteiger partial charge on any atom is 0.255 e. The van der Waals surface area contributed by atoms with Crippen molar-refractivity contribution in [1.29, 1.82) is 0 Å². The summed E-state index contributed by atoms with van der Waals surface area (Å²) in [6.07, 6.45) is 0. The molecular formula is C19H17Cl2F2N3O2. The molecule has 0 spiro atoms. The number of hydrogen-bond acceptors (Lipinski definition) is 3. The zero-order valence-electron chi connectivity index (χ0n) is 14.7. The molecule has 0 saturated carbocycles. The van der Waals surface area contributed by atoms with E-state index in [1.54, 1.807) is 4.90 Å². The van der Waals surface area contributed by atoms with E-state index in [-0.39, 0.29) is 39.8 Å². The standard InChI is InChI=1S/C19H17Cl2F2N3O2/c20-15-10-16(21)17(23)9-14(15)19(28)26-7-5-25(6-8-26)11-18(27)24-13-3-1-12(22)2-4-13/h1-4,9-10H,5-8,11H2,(H,24,27). The number of nitrogens with zero attached hydrogens (tertiary/aromatic N) is 2. The summed E-state index contributed by atoms with van der Waals surface area (Å²) in [5.74, 6) is -1.69. The van der Waals surface area contributed by atoms with Gasteiger partial charge in [0.1, 0.15) is 11.6 Å². The average molecular weight is 428 g/mol. The lowest BCUT2D eigenvalue weighted by molar-refractivity contribution is -0.117. The number of amides is 2. The van der Waals surface area contributed by atoms with Gasteiger partial charge in [0.2, 0.25) is 5.91 Å². The van der Waals surface area contributed by atoms with Crippen molar-refractivity contribution >= 4 is 40.7 Å². The van der Waals surface area contributed by atoms with Crippen LogP contribution in [0.4, 0.5) is 14.5 Å². The van der Waals surface area contributed by atoms with Gasteiger partial charge in [0.25, 0.3) is 5.91 Å². The Kier molecular flexibility index (Phi) is 6.49. The average Bonchev–Trinajstić information content (AvgIpc) is 2.66. The Morgan fingerprint density at radius 3 is 2.25 bits per heavy atom. The third-order valence-electron chi connectivity index (χ3n) is 4.40. The van der Waals surface area contributed by atoms with E-state index in [0.29, 0.717) is 31.9 Å². The number of carbonyl (C=O) groups excluding carboxylic acids is 2. The third kappa shape index (κ3) is 4.98. The van der Waals surface area contributed by atoms with E-state index in [2.05, 4.69) is 5.32 Å². The van der Waals surface area contributed by atoms with Gasteiger partial charge in [0.05, 0.1) is 22.2 Å². The van der Waals surface area contributed by atoms with E-state index in [9.17, 15) is 18.4 Å². The van der Waals surface area contributed by atoms with Gasteiger partial charge < -0.3 is 10.2 Å². The first-order chi connectivity index (χ1) is 13.3. The molecular weight excluding hydrogens is 411 g/mol. The number of nitrogens with one attached hydrogen (secondary N) is 1. The predicted molar refractivity (Wildman–Crippen MR) is 104 cm³/mol. The molecule has 1 heterocycles. The summed E-state index contributed by atoms with van der Waals surface area (Å²) in [5, 5.41) is 2.65. The molecule has 1 N–H and O–H groups in total. The molecule has 3 rings (SSSR count). The van der Waals surface area contributed by atoms with E-state index in [4.69, 9.17) is 23.2 Å². The minimum absolute atomic E-state index is 0.0612. The minimum atomic E-state index is -0.703. The van der Waals surface area contributed by atoms with Gasteiger partial charge in [0, 0.05) is 31.9 Å². The summed E-state index contributed by atoms with van der Waals surface area (Å²) in [6.45, 7) is 1.87. The predicted octanol–water partition coefficient (Wildman–Crippen LogP) is 3.67. The van der Waals surface area contributed by atoms with E-state index >= 15 is 0 Å². The summed E-state index contributed by atoms with van der Waals surface area (Å²) < 4.78 is 26.6. The largest absolute Gasteiger partial charge is 0.336 e. The molecule has 2 aromatic rings. The third-order valence-corrected chi connectivity index (χ3v) is 5.00. The summed E-state index contributed by atoms with van der Waals surface area (Å²) >= 11 is 11.7. The van der Waals surface area contributed by atoms with Crippen LogP contribution in [0.15, 0.2) is 36.4 Å². The molecule has 2 aromatic carbocycles. The highest BCUT2D eigenvalue weighted by Crippen LogP contribution is 2.25. The van der Waals surface area contributed by atoms with Gasteiger partial charge in [0.15, 0.2) is 0 Å². The number of halogens is 4. The van der Waals surface area contributed by atoms with E-state index in [1.807, 2.05) is 4.90 Å². The number of piperazine rings is 1. The molecule has 2 amide bonds. The van der Waals surface area contributed by atoms with Crippen molar-refractivity contribution in [2.45, 2.75) is 0 Å². The molecule has 5 nitrogen and oxygen atoms in total. The quantitative estimate of drug-likeness (QED) is 0.757. The van der Waals surface area contributed by atoms with E-state index in [1.165, 1.54) is 30.3 Å². The zero-order valence-corrected chi connectivity index (χ0v) is 16.2. The fraction of sp³-hybridized carbons (Fsp3) is 0.263. The highest BCUT2D eigenvalue weighted by atomic mass is 35.5. The van der Waals surface area contributed by atoms with Gasteiger partial charge in [-0.15, -0.1) is 0 Å². The highest BCUT2D eigenvalue weighted by molar-refractivity contribution is 6.36. The Morgan fingerprint density at radius 1 is 0.964 bits per heavy atom. The zero-order chi connectivity index (χ0) is 20.3. The van der Waals surface area contributed by atoms with Crippen LogP contribution in [0, 0.1) is 11.6 Å². The van der Waals surface area contributed by atoms with Crippen molar-refractivity contribution in [1.82, 2.24) is 9.80 Å². The first kappa shape index (κ1) is 20.5. The summed E-state index contributed by atoms with van der Waals surface area (Å²) in [5.41, 5.74) is 0.575. The van der Waals surface area contributed by atoms with Gasteiger partial charge in [-0.1, -0.05) is 23.2 Å². The minimum Gasteiger partial charge on any atom is -0.336 e. The van der Waals surface area contributed by atoms with Crippen LogP contribution < -0.4 is 5.32 Å². The number of anilines is 1. The first-order valence-electron chi connectivity index (χ1n) is 8.55. The fourth-order valence-corrected chi connectivity index (χ4v) is 3.37. The number of benzene rings is 2. The number of carbonyl (C=O) groups is 2. The Hall–Kier alpha value is -2.22. The van der Waals surface area contributed by atoms with Crippen molar-refractivity contribution in [2.24, 2.45) is 0 Å². The molecule has 148 valence electrons. The summed E-state index contributed by atoms with van der Waals surface area (Å²) in [7, 11) is 0. The monoisotopic (exact) mass is 427 g/mol. The van der Waals surface area contributed by atoms with Crippen molar-refractivity contribution < 1.29 is 18.4 Å². The Bertz CT molecular complexity index is 885. The van der Waals surface area contributed by atoms with Crippen LogP contribution >= 0.6 is 23.2 Å². The van der Waals surface area contributed by atoms with Gasteiger partial charge in [-0.2, -0.15) is 0 Å². The fourth-order valence-electron chi connectivity index (χ4n) is 2.90. The van der Waals surface area contributed by atoms with Crippen LogP contribution in [0.3, 0.4) is 0 Å². The van der Waals surface area contributed by atoms with Crippen LogP contribution in [-0.4, -0.2) is 54.3 Å². The van der Waals surface area contributed by atoms with Crippen LogP contribution in [0.25, 0.3) is 0 Å². The first-order valence-corrected chi connectivity index (χ1v) is 9.30. The van der Waals surface area contributed by atoms with Gasteiger partial charge in [-0.25, -0.2) is 8.78 Å². The van der Waals surface area contributed by atoms with E-state index in [0.717, 1.165) is 6.07 Å². The molecule has 1 aliphatic rings. The van der Waals surface area contributed by atoms with Crippen LogP contribution in [0.5, 0.6) is 0 Å². The lowest BCUT2D eigenvalue weighted by Gasteiger charge is -2.34. The normalized spacial score (nSPS) is 14.8. The SMILES string of the molecule is O=C(CN1CCN(C(=O)c2cc(F)c(Cl)cc2Cl)CC1)Nc1ccc(F)cc1. The number of hydrogen-bond donors (Lipinski definition) is 1. The summed E-state index contributed by atoms with van der Waals surface area (Å²) in [4.78, 5) is 28.2. The molecule has 0 bridgehead atoms. The smallest absolute Gasteiger partial charge is 0.255 e. The molecule has 9 heteroatoms. The van der Waals surface area contributed by atoms with Crippen molar-refractivity contribution in [3.63, 3.8) is 0 Å². The molecule has 1 saturated heterocycles. The van der Waals surface area contributed by atoms with Crippen LogP contribution in [0.2, 0.25) is 10.0 Å². The van der Waals surface area contributed by atoms with Gasteiger partial charge in [-0.05, 0) is 36.4 Å². The van der Waals surface area contributed by atoms with Crippen LogP contribution in [-0.2, 0) is 4.79 Å². The second kappa shape index (κ2) is 8.86. The Labute approximate surface area is 170 Å². The molecule has 0 radical (unpaired) electrons. The molecule has 0 atom stereocenters.